The van der Waals surface area contributed by atoms with Gasteiger partial charge in [0.25, 0.3) is 0 Å². The number of cyclic esters (lactones) is 1. The van der Waals surface area contributed by atoms with E-state index in [4.69, 9.17) is 18.9 Å². The van der Waals surface area contributed by atoms with Crippen molar-refractivity contribution in [2.75, 3.05) is 27.9 Å². The summed E-state index contributed by atoms with van der Waals surface area (Å²) in [7, 11) is 4.40. The highest BCUT2D eigenvalue weighted by Gasteiger charge is 2.47. The number of carbonyl (C=O) groups is 2. The van der Waals surface area contributed by atoms with Gasteiger partial charge in [-0.05, 0) is 28.5 Å². The van der Waals surface area contributed by atoms with E-state index in [2.05, 4.69) is 0 Å². The Hall–Kier alpha value is -3.58. The number of methoxy groups -OCH3 is 3. The van der Waals surface area contributed by atoms with Crippen molar-refractivity contribution in [2.45, 2.75) is 6.10 Å². The van der Waals surface area contributed by atoms with E-state index < -0.39 is 23.9 Å². The van der Waals surface area contributed by atoms with Crippen molar-refractivity contribution in [1.82, 2.24) is 0 Å². The minimum atomic E-state index is -1.30. The number of benzene rings is 3. The molecule has 1 saturated heterocycles. The Labute approximate surface area is 185 Å². The molecule has 0 radical (unpaired) electrons. The Bertz CT molecular complexity index is 1140. The molecule has 4 rings (SSSR count). The first-order valence-electron chi connectivity index (χ1n) is 10.2. The Morgan fingerprint density at radius 2 is 1.66 bits per heavy atom. The van der Waals surface area contributed by atoms with E-state index in [-0.39, 0.29) is 12.4 Å². The zero-order valence-electron chi connectivity index (χ0n) is 18.0. The largest absolute Gasteiger partial charge is 0.493 e. The fraction of sp³-hybridized carbons (Fsp3) is 0.280. The molecule has 1 heterocycles. The van der Waals surface area contributed by atoms with Gasteiger partial charge >= 0.3 is 5.97 Å². The lowest BCUT2D eigenvalue weighted by atomic mass is 9.81. The number of ketones is 1. The van der Waals surface area contributed by atoms with Gasteiger partial charge in [-0.3, -0.25) is 9.59 Å². The SMILES string of the molecule is COc1cc([C@H](O)[C@@H]2C(=O)OC[C@H]2C(=O)c2cccc3ccccc23)cc(OC)c1OC. The second-order valence-electron chi connectivity index (χ2n) is 7.56. The molecule has 7 heteroatoms. The molecule has 1 fully saturated rings. The van der Waals surface area contributed by atoms with Gasteiger partial charge in [-0.2, -0.15) is 0 Å². The molecule has 7 nitrogen and oxygen atoms in total. The Morgan fingerprint density at radius 1 is 1.00 bits per heavy atom. The molecule has 0 aromatic heterocycles. The van der Waals surface area contributed by atoms with Crippen LogP contribution in [0.3, 0.4) is 0 Å². The number of hydrogen-bond donors (Lipinski definition) is 1. The van der Waals surface area contributed by atoms with Crippen LogP contribution >= 0.6 is 0 Å². The fourth-order valence-corrected chi connectivity index (χ4v) is 4.24. The third-order valence-corrected chi connectivity index (χ3v) is 5.87. The van der Waals surface area contributed by atoms with Crippen molar-refractivity contribution < 1.29 is 33.6 Å². The molecule has 1 aliphatic heterocycles. The van der Waals surface area contributed by atoms with Crippen LogP contribution in [0.1, 0.15) is 22.0 Å². The average molecular weight is 436 g/mol. The molecule has 1 N–H and O–H groups in total. The van der Waals surface area contributed by atoms with Crippen LogP contribution in [0.5, 0.6) is 17.2 Å². The third-order valence-electron chi connectivity index (χ3n) is 5.87. The van der Waals surface area contributed by atoms with Gasteiger partial charge in [-0.25, -0.2) is 0 Å². The van der Waals surface area contributed by atoms with Gasteiger partial charge in [0.2, 0.25) is 5.75 Å². The lowest BCUT2D eigenvalue weighted by molar-refractivity contribution is -0.144. The van der Waals surface area contributed by atoms with E-state index in [9.17, 15) is 14.7 Å². The van der Waals surface area contributed by atoms with Crippen molar-refractivity contribution in [3.05, 3.63) is 65.7 Å². The summed E-state index contributed by atoms with van der Waals surface area (Å²) < 4.78 is 21.3. The molecular formula is C25H24O7. The van der Waals surface area contributed by atoms with E-state index in [1.807, 2.05) is 30.3 Å². The number of aliphatic hydroxyl groups excluding tert-OH is 1. The van der Waals surface area contributed by atoms with Crippen LogP contribution in [0.2, 0.25) is 0 Å². The lowest BCUT2D eigenvalue weighted by Crippen LogP contribution is -2.29. The summed E-state index contributed by atoms with van der Waals surface area (Å²) in [5, 5.41) is 12.9. The number of aliphatic hydroxyl groups is 1. The van der Waals surface area contributed by atoms with Gasteiger partial charge in [-0.15, -0.1) is 0 Å². The number of Topliss-reactive ketones (excluding diaryl/α,β-unsaturated/α-hetero) is 1. The molecule has 1 aliphatic rings. The monoisotopic (exact) mass is 436 g/mol. The molecule has 0 aliphatic carbocycles. The quantitative estimate of drug-likeness (QED) is 0.447. The molecule has 166 valence electrons. The molecule has 32 heavy (non-hydrogen) atoms. The zero-order valence-corrected chi connectivity index (χ0v) is 18.0. The lowest BCUT2D eigenvalue weighted by Gasteiger charge is -2.22. The smallest absolute Gasteiger partial charge is 0.312 e. The molecule has 3 aromatic carbocycles. The number of hydrogen-bond acceptors (Lipinski definition) is 7. The molecule has 0 amide bonds. The first-order chi connectivity index (χ1) is 15.5. The molecule has 0 unspecified atom stereocenters. The van der Waals surface area contributed by atoms with Crippen LogP contribution in [0.15, 0.2) is 54.6 Å². The number of carbonyl (C=O) groups excluding carboxylic acids is 2. The van der Waals surface area contributed by atoms with Crippen LogP contribution in [-0.4, -0.2) is 44.8 Å². The highest BCUT2D eigenvalue weighted by atomic mass is 16.5. The first kappa shape index (κ1) is 21.6. The van der Waals surface area contributed by atoms with E-state index in [0.29, 0.717) is 28.4 Å². The van der Waals surface area contributed by atoms with E-state index in [1.165, 1.54) is 21.3 Å². The zero-order chi connectivity index (χ0) is 22.8. The van der Waals surface area contributed by atoms with Gasteiger partial charge in [0.05, 0.1) is 33.4 Å². The maximum absolute atomic E-state index is 13.5. The highest BCUT2D eigenvalue weighted by molar-refractivity contribution is 6.10. The highest BCUT2D eigenvalue weighted by Crippen LogP contribution is 2.43. The summed E-state index contributed by atoms with van der Waals surface area (Å²) in [6.07, 6.45) is -1.30. The van der Waals surface area contributed by atoms with Gasteiger partial charge in [-0.1, -0.05) is 42.5 Å². The molecule has 3 aromatic rings. The van der Waals surface area contributed by atoms with Crippen molar-refractivity contribution in [3.8, 4) is 17.2 Å². The van der Waals surface area contributed by atoms with Crippen LogP contribution in [0.25, 0.3) is 10.8 Å². The number of ether oxygens (including phenoxy) is 4. The summed E-state index contributed by atoms with van der Waals surface area (Å²) in [4.78, 5) is 26.1. The van der Waals surface area contributed by atoms with Crippen LogP contribution in [0.4, 0.5) is 0 Å². The second-order valence-corrected chi connectivity index (χ2v) is 7.56. The molecule has 0 spiro atoms. The molecule has 0 saturated carbocycles. The van der Waals surface area contributed by atoms with Gasteiger partial charge in [0.1, 0.15) is 12.5 Å². The maximum Gasteiger partial charge on any atom is 0.312 e. The predicted molar refractivity (Wildman–Crippen MR) is 117 cm³/mol. The molecular weight excluding hydrogens is 412 g/mol. The summed E-state index contributed by atoms with van der Waals surface area (Å²) in [6.45, 7) is -0.0902. The first-order valence-corrected chi connectivity index (χ1v) is 10.2. The molecule has 3 atom stereocenters. The minimum absolute atomic E-state index is 0.0902. The van der Waals surface area contributed by atoms with Gasteiger partial charge < -0.3 is 24.1 Å². The second kappa shape index (κ2) is 8.88. The summed E-state index contributed by atoms with van der Waals surface area (Å²) in [5.74, 6) is -1.72. The average Bonchev–Trinajstić information content (AvgIpc) is 3.22. The normalized spacial score (nSPS) is 18.8. The third kappa shape index (κ3) is 3.65. The van der Waals surface area contributed by atoms with Crippen LogP contribution in [0, 0.1) is 11.8 Å². The van der Waals surface area contributed by atoms with Crippen LogP contribution in [-0.2, 0) is 9.53 Å². The number of fused-ring (bicyclic) bond motifs is 1. The Morgan fingerprint density at radius 3 is 2.31 bits per heavy atom. The summed E-state index contributed by atoms with van der Waals surface area (Å²) >= 11 is 0. The van der Waals surface area contributed by atoms with Crippen molar-refractivity contribution in [2.24, 2.45) is 11.8 Å². The van der Waals surface area contributed by atoms with E-state index in [1.54, 1.807) is 24.3 Å². The van der Waals surface area contributed by atoms with Gasteiger partial charge in [0, 0.05) is 5.56 Å². The Balaban J connectivity index is 1.72. The van der Waals surface area contributed by atoms with Crippen LogP contribution < -0.4 is 14.2 Å². The minimum Gasteiger partial charge on any atom is -0.493 e. The van der Waals surface area contributed by atoms with Crippen molar-refractivity contribution >= 4 is 22.5 Å². The molecule has 0 bridgehead atoms. The fourth-order valence-electron chi connectivity index (χ4n) is 4.24. The van der Waals surface area contributed by atoms with Crippen molar-refractivity contribution in [1.29, 1.82) is 0 Å². The van der Waals surface area contributed by atoms with Gasteiger partial charge in [0.15, 0.2) is 17.3 Å². The number of esters is 1. The maximum atomic E-state index is 13.5. The van der Waals surface area contributed by atoms with E-state index >= 15 is 0 Å². The van der Waals surface area contributed by atoms with E-state index in [0.717, 1.165) is 10.8 Å². The summed E-state index contributed by atoms with van der Waals surface area (Å²) in [5.41, 5.74) is 0.854. The van der Waals surface area contributed by atoms with Crippen molar-refractivity contribution in [3.63, 3.8) is 0 Å². The predicted octanol–water partition coefficient (Wildman–Crippen LogP) is 3.57. The topological polar surface area (TPSA) is 91.3 Å². The summed E-state index contributed by atoms with van der Waals surface area (Å²) in [6, 6.07) is 16.1. The Kier molecular flexibility index (Phi) is 6.01. The number of rotatable bonds is 7. The standard InChI is InChI=1S/C25H24O7/c1-29-19-11-15(12-20(30-2)24(19)31-3)22(26)21-18(13-32-25(21)28)23(27)17-10-6-8-14-7-4-5-9-16(14)17/h4-12,18,21-22,26H,13H2,1-3H3/t18-,21-,22+/m1/s1.